The Morgan fingerprint density at radius 2 is 2.30 bits per heavy atom. The van der Waals surface area contributed by atoms with E-state index in [9.17, 15) is 0 Å². The summed E-state index contributed by atoms with van der Waals surface area (Å²) in [6, 6.07) is 0. The van der Waals surface area contributed by atoms with Gasteiger partial charge in [0.2, 0.25) is 0 Å². The highest BCUT2D eigenvalue weighted by Crippen LogP contribution is 2.43. The highest BCUT2D eigenvalue weighted by atomic mass is 127. The summed E-state index contributed by atoms with van der Waals surface area (Å²) in [4.78, 5) is 0. The first-order valence-electron chi connectivity index (χ1n) is 4.21. The van der Waals surface area contributed by atoms with Crippen LogP contribution in [0.1, 0.15) is 25.7 Å². The van der Waals surface area contributed by atoms with Gasteiger partial charge < -0.3 is 5.32 Å². The smallest absolute Gasteiger partial charge is 0.0386 e. The second kappa shape index (κ2) is 2.63. The predicted octanol–water partition coefficient (Wildman–Crippen LogP) is 1.95. The first kappa shape index (κ1) is 7.35. The topological polar surface area (TPSA) is 12.0 Å². The zero-order valence-corrected chi connectivity index (χ0v) is 8.36. The molecule has 2 atom stereocenters. The molecule has 2 rings (SSSR count). The summed E-state index contributed by atoms with van der Waals surface area (Å²) in [7, 11) is 0. The Morgan fingerprint density at radius 1 is 1.40 bits per heavy atom. The standard InChI is InChI=1S/C8H14IN/c9-8-4-2-1-3-7(8)5-10-6-8/h7,10H,1-6H2. The van der Waals surface area contributed by atoms with Gasteiger partial charge in [-0.25, -0.2) is 0 Å². The summed E-state index contributed by atoms with van der Waals surface area (Å²) in [5.41, 5.74) is 0. The molecule has 0 aromatic carbocycles. The van der Waals surface area contributed by atoms with Crippen LogP contribution in [0.5, 0.6) is 0 Å². The van der Waals surface area contributed by atoms with E-state index in [-0.39, 0.29) is 0 Å². The SMILES string of the molecule is IC12CCCCC1CNC2. The summed E-state index contributed by atoms with van der Waals surface area (Å²) in [5, 5.41) is 3.50. The Labute approximate surface area is 76.1 Å². The molecule has 10 heavy (non-hydrogen) atoms. The minimum atomic E-state index is 0.649. The molecule has 0 amide bonds. The third kappa shape index (κ3) is 1.09. The minimum absolute atomic E-state index is 0.649. The second-order valence-electron chi connectivity index (χ2n) is 3.61. The largest absolute Gasteiger partial charge is 0.315 e. The van der Waals surface area contributed by atoms with Crippen molar-refractivity contribution in [2.75, 3.05) is 13.1 Å². The highest BCUT2D eigenvalue weighted by Gasteiger charge is 2.41. The van der Waals surface area contributed by atoms with E-state index in [1.165, 1.54) is 38.8 Å². The van der Waals surface area contributed by atoms with Crippen molar-refractivity contribution in [3.8, 4) is 0 Å². The lowest BCUT2D eigenvalue weighted by Crippen LogP contribution is -2.33. The van der Waals surface area contributed by atoms with Crippen molar-refractivity contribution in [2.24, 2.45) is 5.92 Å². The Bertz CT molecular complexity index is 137. The van der Waals surface area contributed by atoms with Crippen LogP contribution >= 0.6 is 22.6 Å². The molecule has 0 radical (unpaired) electrons. The van der Waals surface area contributed by atoms with Gasteiger partial charge in [0.15, 0.2) is 0 Å². The first-order valence-corrected chi connectivity index (χ1v) is 5.29. The van der Waals surface area contributed by atoms with E-state index in [2.05, 4.69) is 27.9 Å². The van der Waals surface area contributed by atoms with E-state index < -0.39 is 0 Å². The Hall–Kier alpha value is 0.690. The van der Waals surface area contributed by atoms with E-state index in [1.54, 1.807) is 0 Å². The van der Waals surface area contributed by atoms with Gasteiger partial charge in [-0.05, 0) is 25.3 Å². The molecule has 2 unspecified atom stereocenters. The predicted molar refractivity (Wildman–Crippen MR) is 51.6 cm³/mol. The fourth-order valence-electron chi connectivity index (χ4n) is 2.24. The van der Waals surface area contributed by atoms with Gasteiger partial charge in [0.05, 0.1) is 0 Å². The molecule has 1 saturated heterocycles. The third-order valence-electron chi connectivity index (χ3n) is 2.94. The molecule has 1 saturated carbocycles. The minimum Gasteiger partial charge on any atom is -0.315 e. The maximum absolute atomic E-state index is 3.50. The number of halogens is 1. The lowest BCUT2D eigenvalue weighted by Gasteiger charge is -2.32. The Morgan fingerprint density at radius 3 is 3.10 bits per heavy atom. The fraction of sp³-hybridized carbons (Fsp3) is 1.00. The van der Waals surface area contributed by atoms with E-state index in [0.717, 1.165) is 5.92 Å². The van der Waals surface area contributed by atoms with Crippen molar-refractivity contribution in [2.45, 2.75) is 29.1 Å². The van der Waals surface area contributed by atoms with Crippen LogP contribution in [0.3, 0.4) is 0 Å². The molecule has 2 heteroatoms. The van der Waals surface area contributed by atoms with Crippen LogP contribution in [0.25, 0.3) is 0 Å². The summed E-state index contributed by atoms with van der Waals surface area (Å²) in [5.74, 6) is 0.988. The number of alkyl halides is 1. The number of rotatable bonds is 0. The monoisotopic (exact) mass is 251 g/mol. The average molecular weight is 251 g/mol. The third-order valence-corrected chi connectivity index (χ3v) is 4.74. The summed E-state index contributed by atoms with van der Waals surface area (Å²) in [6.45, 7) is 2.54. The molecule has 1 nitrogen and oxygen atoms in total. The summed E-state index contributed by atoms with van der Waals surface area (Å²) >= 11 is 2.68. The quantitative estimate of drug-likeness (QED) is 0.512. The summed E-state index contributed by atoms with van der Waals surface area (Å²) in [6.07, 6.45) is 5.85. The maximum Gasteiger partial charge on any atom is 0.0386 e. The van der Waals surface area contributed by atoms with Crippen molar-refractivity contribution in [1.29, 1.82) is 0 Å². The van der Waals surface area contributed by atoms with E-state index in [1.807, 2.05) is 0 Å². The second-order valence-corrected chi connectivity index (χ2v) is 5.76. The zero-order chi connectivity index (χ0) is 7.03. The van der Waals surface area contributed by atoms with Gasteiger partial charge in [-0.2, -0.15) is 0 Å². The maximum atomic E-state index is 3.50. The van der Waals surface area contributed by atoms with Crippen LogP contribution in [0.2, 0.25) is 0 Å². The average Bonchev–Trinajstić information content (AvgIpc) is 2.29. The Kier molecular flexibility index (Phi) is 1.93. The van der Waals surface area contributed by atoms with E-state index in [0.29, 0.717) is 3.42 Å². The number of hydrogen-bond acceptors (Lipinski definition) is 1. The number of hydrogen-bond donors (Lipinski definition) is 1. The molecule has 1 heterocycles. The molecule has 0 spiro atoms. The highest BCUT2D eigenvalue weighted by molar-refractivity contribution is 14.1. The van der Waals surface area contributed by atoms with Crippen LogP contribution in [-0.4, -0.2) is 16.5 Å². The van der Waals surface area contributed by atoms with Gasteiger partial charge in [-0.1, -0.05) is 35.4 Å². The lowest BCUT2D eigenvalue weighted by atomic mass is 9.82. The Balaban J connectivity index is 2.10. The first-order chi connectivity index (χ1) is 4.81. The fourth-order valence-corrected chi connectivity index (χ4v) is 3.43. The molecule has 1 aliphatic heterocycles. The molecule has 58 valence electrons. The molecule has 1 aliphatic carbocycles. The lowest BCUT2D eigenvalue weighted by molar-refractivity contribution is 0.349. The molecule has 0 bridgehead atoms. The number of fused-ring (bicyclic) bond motifs is 1. The normalized spacial score (nSPS) is 47.1. The number of nitrogens with one attached hydrogen (secondary N) is 1. The van der Waals surface area contributed by atoms with Gasteiger partial charge in [-0.3, -0.25) is 0 Å². The van der Waals surface area contributed by atoms with Crippen LogP contribution in [0, 0.1) is 5.92 Å². The molecule has 2 aliphatic rings. The van der Waals surface area contributed by atoms with Crippen molar-refractivity contribution in [3.63, 3.8) is 0 Å². The molecule has 0 aromatic rings. The van der Waals surface area contributed by atoms with Crippen molar-refractivity contribution in [1.82, 2.24) is 5.32 Å². The van der Waals surface area contributed by atoms with Gasteiger partial charge in [0.25, 0.3) is 0 Å². The van der Waals surface area contributed by atoms with Crippen molar-refractivity contribution in [3.05, 3.63) is 0 Å². The molecular weight excluding hydrogens is 237 g/mol. The van der Waals surface area contributed by atoms with Crippen LogP contribution in [-0.2, 0) is 0 Å². The van der Waals surface area contributed by atoms with Crippen LogP contribution in [0.15, 0.2) is 0 Å². The zero-order valence-electron chi connectivity index (χ0n) is 6.20. The van der Waals surface area contributed by atoms with Gasteiger partial charge in [-0.15, -0.1) is 0 Å². The molecule has 0 aromatic heterocycles. The molecule has 1 N–H and O–H groups in total. The molecular formula is C8H14IN. The van der Waals surface area contributed by atoms with Gasteiger partial charge in [0.1, 0.15) is 0 Å². The summed E-state index contributed by atoms with van der Waals surface area (Å²) < 4.78 is 0.649. The van der Waals surface area contributed by atoms with Gasteiger partial charge in [0, 0.05) is 9.97 Å². The van der Waals surface area contributed by atoms with Gasteiger partial charge >= 0.3 is 0 Å². The van der Waals surface area contributed by atoms with E-state index >= 15 is 0 Å². The molecule has 2 fully saturated rings. The van der Waals surface area contributed by atoms with E-state index in [4.69, 9.17) is 0 Å². The van der Waals surface area contributed by atoms with Crippen LogP contribution in [0.4, 0.5) is 0 Å². The van der Waals surface area contributed by atoms with Crippen molar-refractivity contribution < 1.29 is 0 Å². The van der Waals surface area contributed by atoms with Crippen molar-refractivity contribution >= 4 is 22.6 Å². The van der Waals surface area contributed by atoms with Crippen LogP contribution < -0.4 is 5.32 Å².